The molecule has 0 amide bonds. The van der Waals surface area contributed by atoms with E-state index < -0.39 is 11.8 Å². The highest BCUT2D eigenvalue weighted by Crippen LogP contribution is 2.30. The summed E-state index contributed by atoms with van der Waals surface area (Å²) in [5.41, 5.74) is 0.501. The Morgan fingerprint density at radius 3 is 2.78 bits per heavy atom. The second-order valence-corrected chi connectivity index (χ2v) is 3.93. The molecule has 0 aliphatic rings. The zero-order valence-electron chi connectivity index (χ0n) is 10.1. The number of benzene rings is 1. The molecule has 1 aromatic carbocycles. The molecule has 0 atom stereocenters. The summed E-state index contributed by atoms with van der Waals surface area (Å²) in [6.45, 7) is 2.62. The van der Waals surface area contributed by atoms with Crippen LogP contribution in [0.1, 0.15) is 18.1 Å². The van der Waals surface area contributed by atoms with Gasteiger partial charge < -0.3 is 14.6 Å². The third kappa shape index (κ3) is 3.34. The Labute approximate surface area is 109 Å². The van der Waals surface area contributed by atoms with E-state index in [4.69, 9.17) is 21.4 Å². The quantitative estimate of drug-likeness (QED) is 0.838. The van der Waals surface area contributed by atoms with Crippen LogP contribution in [0.4, 0.5) is 4.39 Å². The minimum absolute atomic E-state index is 0.136. The maximum absolute atomic E-state index is 13.8. The van der Waals surface area contributed by atoms with Gasteiger partial charge in [0.25, 0.3) is 0 Å². The van der Waals surface area contributed by atoms with Gasteiger partial charge in [-0.05, 0) is 19.4 Å². The van der Waals surface area contributed by atoms with Gasteiger partial charge in [0, 0.05) is 11.6 Å². The first-order chi connectivity index (χ1) is 8.51. The largest absolute Gasteiger partial charge is 0.479 e. The van der Waals surface area contributed by atoms with Crippen LogP contribution < -0.4 is 4.74 Å². The second-order valence-electron chi connectivity index (χ2n) is 3.53. The number of halogens is 2. The molecule has 4 nitrogen and oxygen atoms in total. The molecule has 0 saturated heterocycles. The molecule has 0 fully saturated rings. The molecule has 0 aliphatic carbocycles. The number of carbonyl (C=O) groups is 1. The first-order valence-electron chi connectivity index (χ1n) is 5.38. The molecule has 0 aliphatic heterocycles. The molecule has 18 heavy (non-hydrogen) atoms. The van der Waals surface area contributed by atoms with Crippen LogP contribution in [0.5, 0.6) is 5.75 Å². The van der Waals surface area contributed by atoms with Gasteiger partial charge in [-0.2, -0.15) is 0 Å². The van der Waals surface area contributed by atoms with Crippen LogP contribution in [0, 0.1) is 12.7 Å². The number of hydrogen-bond acceptors (Lipinski definition) is 4. The Balaban J connectivity index is 2.88. The van der Waals surface area contributed by atoms with Crippen molar-refractivity contribution in [1.29, 1.82) is 0 Å². The summed E-state index contributed by atoms with van der Waals surface area (Å²) >= 11 is 5.86. The van der Waals surface area contributed by atoms with Gasteiger partial charge in [-0.3, -0.25) is 0 Å². The first-order valence-corrected chi connectivity index (χ1v) is 5.75. The van der Waals surface area contributed by atoms with Crippen LogP contribution in [0.25, 0.3) is 0 Å². The first kappa shape index (κ1) is 14.7. The van der Waals surface area contributed by atoms with Crippen LogP contribution in [-0.4, -0.2) is 24.3 Å². The Bertz CT molecular complexity index is 448. The molecule has 0 unspecified atom stereocenters. The third-order valence-electron chi connectivity index (χ3n) is 2.35. The van der Waals surface area contributed by atoms with Crippen molar-refractivity contribution in [3.8, 4) is 5.75 Å². The van der Waals surface area contributed by atoms with E-state index in [9.17, 15) is 9.18 Å². The van der Waals surface area contributed by atoms with Crippen molar-refractivity contribution >= 4 is 17.6 Å². The smallest absolute Gasteiger partial charge is 0.344 e. The van der Waals surface area contributed by atoms with Crippen molar-refractivity contribution in [3.05, 3.63) is 28.0 Å². The second kappa shape index (κ2) is 6.56. The zero-order valence-corrected chi connectivity index (χ0v) is 10.9. The summed E-state index contributed by atoms with van der Waals surface area (Å²) in [5, 5.41) is 9.23. The van der Waals surface area contributed by atoms with Crippen LogP contribution >= 0.6 is 11.6 Å². The van der Waals surface area contributed by atoms with E-state index >= 15 is 0 Å². The highest BCUT2D eigenvalue weighted by Gasteiger charge is 2.15. The number of carbonyl (C=O) groups excluding carboxylic acids is 1. The van der Waals surface area contributed by atoms with Gasteiger partial charge in [0.05, 0.1) is 18.2 Å². The molecule has 0 heterocycles. The van der Waals surface area contributed by atoms with Crippen molar-refractivity contribution in [1.82, 2.24) is 0 Å². The minimum Gasteiger partial charge on any atom is -0.479 e. The molecular formula is C12H14ClFO4. The molecule has 0 saturated carbocycles. The van der Waals surface area contributed by atoms with Crippen LogP contribution in [0.2, 0.25) is 5.02 Å². The summed E-state index contributed by atoms with van der Waals surface area (Å²) in [5.74, 6) is -1.37. The van der Waals surface area contributed by atoms with Gasteiger partial charge in [-0.1, -0.05) is 11.6 Å². The van der Waals surface area contributed by atoms with Crippen molar-refractivity contribution < 1.29 is 23.8 Å². The molecule has 1 aromatic rings. The molecule has 0 bridgehead atoms. The zero-order chi connectivity index (χ0) is 13.7. The highest BCUT2D eigenvalue weighted by atomic mass is 35.5. The summed E-state index contributed by atoms with van der Waals surface area (Å²) in [7, 11) is 0. The number of hydrogen-bond donors (Lipinski definition) is 1. The van der Waals surface area contributed by atoms with Crippen LogP contribution in [0.15, 0.2) is 6.07 Å². The number of rotatable bonds is 5. The van der Waals surface area contributed by atoms with Crippen molar-refractivity contribution in [2.24, 2.45) is 0 Å². The molecule has 0 aromatic heterocycles. The lowest BCUT2D eigenvalue weighted by Crippen LogP contribution is -2.15. The average Bonchev–Trinajstić information content (AvgIpc) is 2.33. The van der Waals surface area contributed by atoms with E-state index in [0.717, 1.165) is 0 Å². The summed E-state index contributed by atoms with van der Waals surface area (Å²) in [4.78, 5) is 11.1. The lowest BCUT2D eigenvalue weighted by molar-refractivity contribution is -0.145. The van der Waals surface area contributed by atoms with E-state index in [1.807, 2.05) is 0 Å². The number of esters is 1. The fourth-order valence-corrected chi connectivity index (χ4v) is 1.70. The van der Waals surface area contributed by atoms with Gasteiger partial charge >= 0.3 is 5.97 Å². The highest BCUT2D eigenvalue weighted by molar-refractivity contribution is 6.31. The van der Waals surface area contributed by atoms with Crippen molar-refractivity contribution in [2.45, 2.75) is 20.5 Å². The fraction of sp³-hybridized carbons (Fsp3) is 0.417. The van der Waals surface area contributed by atoms with Crippen molar-refractivity contribution in [2.75, 3.05) is 13.2 Å². The SMILES string of the molecule is CCOC(=O)COc1cc(Cl)c(CO)c(C)c1F. The maximum Gasteiger partial charge on any atom is 0.344 e. The monoisotopic (exact) mass is 276 g/mol. The lowest BCUT2D eigenvalue weighted by atomic mass is 10.1. The third-order valence-corrected chi connectivity index (χ3v) is 2.69. The Morgan fingerprint density at radius 2 is 2.22 bits per heavy atom. The van der Waals surface area contributed by atoms with Gasteiger partial charge in [0.1, 0.15) is 0 Å². The molecule has 100 valence electrons. The minimum atomic E-state index is -0.646. The molecule has 1 rings (SSSR count). The van der Waals surface area contributed by atoms with E-state index in [-0.39, 0.29) is 36.2 Å². The van der Waals surface area contributed by atoms with Gasteiger partial charge in [0.2, 0.25) is 0 Å². The standard InChI is InChI=1S/C12H14ClFO4/c1-3-17-11(16)6-18-10-4-9(13)8(5-15)7(2)12(10)14/h4,15H,3,5-6H2,1-2H3. The van der Waals surface area contributed by atoms with E-state index in [1.165, 1.54) is 13.0 Å². The van der Waals surface area contributed by atoms with Gasteiger partial charge in [0.15, 0.2) is 18.2 Å². The lowest BCUT2D eigenvalue weighted by Gasteiger charge is -2.12. The van der Waals surface area contributed by atoms with Crippen molar-refractivity contribution in [3.63, 3.8) is 0 Å². The van der Waals surface area contributed by atoms with Gasteiger partial charge in [-0.25, -0.2) is 9.18 Å². The molecule has 0 radical (unpaired) electrons. The Morgan fingerprint density at radius 1 is 1.56 bits per heavy atom. The van der Waals surface area contributed by atoms with E-state index in [0.29, 0.717) is 5.56 Å². The summed E-state index contributed by atoms with van der Waals surface area (Å²) in [6, 6.07) is 1.23. The predicted molar refractivity (Wildman–Crippen MR) is 64.2 cm³/mol. The molecule has 6 heteroatoms. The average molecular weight is 277 g/mol. The van der Waals surface area contributed by atoms with E-state index in [1.54, 1.807) is 6.92 Å². The normalized spacial score (nSPS) is 10.3. The Hall–Kier alpha value is -1.33. The Kier molecular flexibility index (Phi) is 5.37. The number of ether oxygens (including phenoxy) is 2. The topological polar surface area (TPSA) is 55.8 Å². The van der Waals surface area contributed by atoms with Gasteiger partial charge in [-0.15, -0.1) is 0 Å². The molecule has 1 N–H and O–H groups in total. The fourth-order valence-electron chi connectivity index (χ4n) is 1.40. The molecule has 0 spiro atoms. The maximum atomic E-state index is 13.8. The van der Waals surface area contributed by atoms with Crippen LogP contribution in [-0.2, 0) is 16.1 Å². The van der Waals surface area contributed by atoms with Crippen LogP contribution in [0.3, 0.4) is 0 Å². The number of aliphatic hydroxyl groups excluding tert-OH is 1. The predicted octanol–water partition coefficient (Wildman–Crippen LogP) is 2.22. The van der Waals surface area contributed by atoms with E-state index in [2.05, 4.69) is 4.74 Å². The summed E-state index contributed by atoms with van der Waals surface area (Å²) in [6.07, 6.45) is 0. The molecular weight excluding hydrogens is 263 g/mol. The summed E-state index contributed by atoms with van der Waals surface area (Å²) < 4.78 is 23.5. The number of aliphatic hydroxyl groups is 1.